The normalized spacial score (nSPS) is 33.7. The lowest BCUT2D eigenvalue weighted by atomic mass is 10.0. The minimum Gasteiger partial charge on any atom is -0.166 e. The molecule has 66 valence electrons. The Kier molecular flexibility index (Phi) is 1.65. The molecule has 2 rings (SSSR count). The predicted molar refractivity (Wildman–Crippen MR) is 42.7 cm³/mol. The van der Waals surface area contributed by atoms with E-state index in [0.29, 0.717) is 10.9 Å². The van der Waals surface area contributed by atoms with Crippen LogP contribution < -0.4 is 0 Å². The largest absolute Gasteiger partial charge is 0.414 e. The third-order valence-corrected chi connectivity index (χ3v) is 3.36. The first-order chi connectivity index (χ1) is 5.50. The van der Waals surface area contributed by atoms with Crippen molar-refractivity contribution in [2.75, 3.05) is 0 Å². The van der Waals surface area contributed by atoms with Crippen molar-refractivity contribution in [3.8, 4) is 0 Å². The predicted octanol–water partition coefficient (Wildman–Crippen LogP) is 3.40. The quantitative estimate of drug-likeness (QED) is 0.568. The van der Waals surface area contributed by atoms with Crippen molar-refractivity contribution in [2.24, 2.45) is 11.8 Å². The lowest BCUT2D eigenvalue weighted by Gasteiger charge is -2.15. The van der Waals surface area contributed by atoms with E-state index in [1.165, 1.54) is 0 Å². The Morgan fingerprint density at radius 3 is 2.17 bits per heavy atom. The number of hydrogen-bond acceptors (Lipinski definition) is 0. The van der Waals surface area contributed by atoms with Gasteiger partial charge in [-0.2, -0.15) is 13.2 Å². The van der Waals surface area contributed by atoms with Gasteiger partial charge in [0.1, 0.15) is 0 Å². The first kappa shape index (κ1) is 8.35. The Hall–Kier alpha value is -0.250. The average molecular weight is 239 g/mol. The lowest BCUT2D eigenvalue weighted by molar-refractivity contribution is -0.0963. The van der Waals surface area contributed by atoms with Crippen LogP contribution in [0.15, 0.2) is 22.2 Å². The third kappa shape index (κ3) is 1.04. The van der Waals surface area contributed by atoms with E-state index in [1.54, 1.807) is 6.08 Å². The molecule has 2 unspecified atom stereocenters. The molecule has 0 amide bonds. The highest BCUT2D eigenvalue weighted by molar-refractivity contribution is 9.11. The molecule has 0 heterocycles. The van der Waals surface area contributed by atoms with Gasteiger partial charge < -0.3 is 0 Å². The van der Waals surface area contributed by atoms with Crippen LogP contribution in [0.25, 0.3) is 0 Å². The molecule has 0 radical (unpaired) electrons. The van der Waals surface area contributed by atoms with Gasteiger partial charge in [0.05, 0.1) is 5.57 Å². The first-order valence-electron chi connectivity index (χ1n) is 3.65. The van der Waals surface area contributed by atoms with Crippen LogP contribution in [-0.2, 0) is 0 Å². The van der Waals surface area contributed by atoms with Gasteiger partial charge in [0.25, 0.3) is 0 Å². The maximum absolute atomic E-state index is 12.3. The molecule has 0 fully saturated rings. The molecule has 0 aromatic rings. The van der Waals surface area contributed by atoms with Crippen LogP contribution in [0, 0.1) is 11.8 Å². The Morgan fingerprint density at radius 2 is 1.83 bits per heavy atom. The van der Waals surface area contributed by atoms with Crippen LogP contribution in [-0.4, -0.2) is 6.18 Å². The van der Waals surface area contributed by atoms with Crippen molar-refractivity contribution in [2.45, 2.75) is 12.6 Å². The van der Waals surface area contributed by atoms with Gasteiger partial charge in [-0.25, -0.2) is 0 Å². The van der Waals surface area contributed by atoms with Crippen molar-refractivity contribution >= 4 is 15.9 Å². The molecule has 0 aromatic carbocycles. The minimum atomic E-state index is -4.16. The maximum atomic E-state index is 12.3. The zero-order chi connectivity index (χ0) is 8.93. The number of allylic oxidation sites excluding steroid dienone is 4. The molecule has 2 aliphatic rings. The van der Waals surface area contributed by atoms with E-state index in [0.717, 1.165) is 0 Å². The molecule has 0 N–H and O–H groups in total. The zero-order valence-corrected chi connectivity index (χ0v) is 7.61. The lowest BCUT2D eigenvalue weighted by Crippen LogP contribution is -2.16. The second-order valence-corrected chi connectivity index (χ2v) is 3.95. The minimum absolute atomic E-state index is 0.0216. The fourth-order valence-corrected chi connectivity index (χ4v) is 2.68. The summed E-state index contributed by atoms with van der Waals surface area (Å²) in [6.07, 6.45) is -0.0827. The highest BCUT2D eigenvalue weighted by Gasteiger charge is 2.47. The van der Waals surface area contributed by atoms with Crippen LogP contribution in [0.5, 0.6) is 0 Å². The standard InChI is InChI=1S/C8H6BrF3/c9-7-5-2-1-4(3-5)6(7)8(10,11)12/h1-2,4-5H,3H2. The van der Waals surface area contributed by atoms with Gasteiger partial charge in [-0.1, -0.05) is 28.1 Å². The number of alkyl halides is 3. The molecule has 2 bridgehead atoms. The molecule has 12 heavy (non-hydrogen) atoms. The topological polar surface area (TPSA) is 0 Å². The summed E-state index contributed by atoms with van der Waals surface area (Å²) in [7, 11) is 0. The van der Waals surface area contributed by atoms with Crippen molar-refractivity contribution < 1.29 is 13.2 Å². The second kappa shape index (κ2) is 2.37. The van der Waals surface area contributed by atoms with Gasteiger partial charge in [-0.05, 0) is 6.42 Å². The molecule has 0 saturated carbocycles. The highest BCUT2D eigenvalue weighted by Crippen LogP contribution is 2.52. The van der Waals surface area contributed by atoms with E-state index < -0.39 is 12.1 Å². The van der Waals surface area contributed by atoms with Crippen LogP contribution in [0.4, 0.5) is 13.2 Å². The summed E-state index contributed by atoms with van der Waals surface area (Å²) in [6, 6.07) is 0. The van der Waals surface area contributed by atoms with Crippen LogP contribution in [0.1, 0.15) is 6.42 Å². The van der Waals surface area contributed by atoms with Gasteiger partial charge in [-0.3, -0.25) is 0 Å². The van der Waals surface area contributed by atoms with E-state index in [9.17, 15) is 13.2 Å². The molecule has 0 nitrogen and oxygen atoms in total. The summed E-state index contributed by atoms with van der Waals surface area (Å²) in [4.78, 5) is 0. The highest BCUT2D eigenvalue weighted by atomic mass is 79.9. The fourth-order valence-electron chi connectivity index (χ4n) is 1.82. The number of fused-ring (bicyclic) bond motifs is 2. The molecule has 4 heteroatoms. The summed E-state index contributed by atoms with van der Waals surface area (Å²) in [5, 5.41) is 0. The van der Waals surface area contributed by atoms with Gasteiger partial charge in [0, 0.05) is 16.3 Å². The Morgan fingerprint density at radius 1 is 1.25 bits per heavy atom. The van der Waals surface area contributed by atoms with E-state index in [2.05, 4.69) is 15.9 Å². The number of rotatable bonds is 0. The first-order valence-corrected chi connectivity index (χ1v) is 4.44. The molecular formula is C8H6BrF3. The fraction of sp³-hybridized carbons (Fsp3) is 0.500. The Bertz CT molecular complexity index is 275. The van der Waals surface area contributed by atoms with E-state index in [-0.39, 0.29) is 11.5 Å². The molecule has 0 aliphatic heterocycles. The van der Waals surface area contributed by atoms with Crippen molar-refractivity contribution in [1.82, 2.24) is 0 Å². The van der Waals surface area contributed by atoms with E-state index in [4.69, 9.17) is 0 Å². The monoisotopic (exact) mass is 238 g/mol. The molecule has 2 atom stereocenters. The van der Waals surface area contributed by atoms with E-state index in [1.807, 2.05) is 6.08 Å². The van der Waals surface area contributed by atoms with Crippen LogP contribution >= 0.6 is 15.9 Å². The van der Waals surface area contributed by atoms with Gasteiger partial charge in [-0.15, -0.1) is 0 Å². The molecule has 0 aromatic heterocycles. The summed E-state index contributed by atoms with van der Waals surface area (Å²) in [5.74, 6) is -0.420. The SMILES string of the molecule is FC(F)(F)C1=C(Br)C2C=CC1C2. The smallest absolute Gasteiger partial charge is 0.166 e. The second-order valence-electron chi connectivity index (χ2n) is 3.09. The van der Waals surface area contributed by atoms with Crippen molar-refractivity contribution in [3.05, 3.63) is 22.2 Å². The number of halogens is 4. The summed E-state index contributed by atoms with van der Waals surface area (Å²) >= 11 is 3.01. The number of hydrogen-bond donors (Lipinski definition) is 0. The van der Waals surface area contributed by atoms with Crippen LogP contribution in [0.2, 0.25) is 0 Å². The zero-order valence-electron chi connectivity index (χ0n) is 6.03. The Labute approximate surface area is 76.3 Å². The summed E-state index contributed by atoms with van der Waals surface area (Å²) in [6.45, 7) is 0. The average Bonchev–Trinajstić information content (AvgIpc) is 2.42. The van der Waals surface area contributed by atoms with Crippen molar-refractivity contribution in [3.63, 3.8) is 0 Å². The van der Waals surface area contributed by atoms with Gasteiger partial charge in [0.15, 0.2) is 0 Å². The third-order valence-electron chi connectivity index (χ3n) is 2.34. The molecule has 2 aliphatic carbocycles. The summed E-state index contributed by atoms with van der Waals surface area (Å²) in [5.41, 5.74) is -0.380. The molecule has 0 spiro atoms. The van der Waals surface area contributed by atoms with Gasteiger partial charge in [0.2, 0.25) is 0 Å². The van der Waals surface area contributed by atoms with Crippen molar-refractivity contribution in [1.29, 1.82) is 0 Å². The van der Waals surface area contributed by atoms with Crippen LogP contribution in [0.3, 0.4) is 0 Å². The van der Waals surface area contributed by atoms with E-state index >= 15 is 0 Å². The molecular weight excluding hydrogens is 233 g/mol. The molecule has 0 saturated heterocycles. The maximum Gasteiger partial charge on any atom is 0.414 e. The van der Waals surface area contributed by atoms with Gasteiger partial charge >= 0.3 is 6.18 Å². The Balaban J connectivity index is 2.39. The summed E-state index contributed by atoms with van der Waals surface area (Å²) < 4.78 is 37.4.